The molecule has 0 heterocycles. The fourth-order valence-electron chi connectivity index (χ4n) is 3.92. The van der Waals surface area contributed by atoms with Crippen molar-refractivity contribution in [3.63, 3.8) is 0 Å². The van der Waals surface area contributed by atoms with Gasteiger partial charge in [-0.2, -0.15) is 0 Å². The maximum atomic E-state index is 12.6. The largest absolute Gasteiger partial charge is 0.481 e. The highest BCUT2D eigenvalue weighted by molar-refractivity contribution is 6.30. The SMILES string of the molecule is C=C/C=C\C(=C/C)C(=O)OC(C)C(CC)=N/C(CC(=C)CN(C)C)=C(/C=C\C)C(C)C(=O)O.C=C/C=C\C=C\C=O.CC.CC.Cc1ccc(Cl)cc1. The van der Waals surface area contributed by atoms with E-state index in [-0.39, 0.29) is 0 Å². The number of allylic oxidation sites excluding steroid dienone is 11. The van der Waals surface area contributed by atoms with Gasteiger partial charge in [0.15, 0.2) is 0 Å². The zero-order valence-corrected chi connectivity index (χ0v) is 35.2. The van der Waals surface area contributed by atoms with Crippen LogP contribution in [-0.4, -0.2) is 60.7 Å². The smallest absolute Gasteiger partial charge is 0.338 e. The van der Waals surface area contributed by atoms with Crippen LogP contribution in [0.15, 0.2) is 138 Å². The quantitative estimate of drug-likeness (QED) is 0.0425. The van der Waals surface area contributed by atoms with Crippen LogP contribution in [0.3, 0.4) is 0 Å². The van der Waals surface area contributed by atoms with E-state index >= 15 is 0 Å². The Labute approximate surface area is 327 Å². The fraction of sp³-hybridized carbons (Fsp3) is 0.378. The molecule has 7 nitrogen and oxygen atoms in total. The van der Waals surface area contributed by atoms with Crippen LogP contribution < -0.4 is 0 Å². The molecule has 0 amide bonds. The molecule has 2 unspecified atom stereocenters. The number of aliphatic carboxylic acids is 1. The van der Waals surface area contributed by atoms with Crippen molar-refractivity contribution in [3.8, 4) is 0 Å². The Bertz CT molecular complexity index is 1390. The first-order valence-corrected chi connectivity index (χ1v) is 18.4. The zero-order valence-electron chi connectivity index (χ0n) is 34.5. The van der Waals surface area contributed by atoms with Crippen molar-refractivity contribution in [1.82, 2.24) is 4.90 Å². The van der Waals surface area contributed by atoms with Crippen molar-refractivity contribution in [2.75, 3.05) is 20.6 Å². The van der Waals surface area contributed by atoms with Gasteiger partial charge in [0.1, 0.15) is 12.4 Å². The number of carbonyl (C=O) groups excluding carboxylic acids is 2. The second-order valence-electron chi connectivity index (χ2n) is 10.9. The second kappa shape index (κ2) is 37.2. The van der Waals surface area contributed by atoms with Crippen molar-refractivity contribution in [3.05, 3.63) is 144 Å². The summed E-state index contributed by atoms with van der Waals surface area (Å²) in [5.74, 6) is -2.14. The molecule has 0 aliphatic carbocycles. The molecule has 0 radical (unpaired) electrons. The highest BCUT2D eigenvalue weighted by Gasteiger charge is 2.22. The Morgan fingerprint density at radius 2 is 1.49 bits per heavy atom. The summed E-state index contributed by atoms with van der Waals surface area (Å²) >= 11 is 5.61. The molecular formula is C45H67ClN2O5. The predicted molar refractivity (Wildman–Crippen MR) is 231 cm³/mol. The maximum absolute atomic E-state index is 12.6. The predicted octanol–water partition coefficient (Wildman–Crippen LogP) is 11.7. The number of likely N-dealkylation sites (N-methyl/N-ethyl adjacent to an activating group) is 1. The first kappa shape index (κ1) is 55.2. The molecule has 2 atom stereocenters. The highest BCUT2D eigenvalue weighted by Crippen LogP contribution is 2.25. The summed E-state index contributed by atoms with van der Waals surface area (Å²) in [4.78, 5) is 40.8. The normalized spacial score (nSPS) is 12.9. The van der Waals surface area contributed by atoms with E-state index in [4.69, 9.17) is 21.3 Å². The van der Waals surface area contributed by atoms with Gasteiger partial charge in [-0.25, -0.2) is 4.79 Å². The molecule has 294 valence electrons. The van der Waals surface area contributed by atoms with Crippen LogP contribution in [0, 0.1) is 12.8 Å². The lowest BCUT2D eigenvalue weighted by atomic mass is 9.95. The van der Waals surface area contributed by atoms with E-state index in [2.05, 4.69) is 19.7 Å². The van der Waals surface area contributed by atoms with Crippen LogP contribution in [-0.2, 0) is 19.1 Å². The van der Waals surface area contributed by atoms with Crippen molar-refractivity contribution >= 4 is 35.5 Å². The van der Waals surface area contributed by atoms with Crippen LogP contribution in [0.1, 0.15) is 80.7 Å². The van der Waals surface area contributed by atoms with E-state index < -0.39 is 24.0 Å². The molecule has 0 aliphatic rings. The molecule has 1 aromatic carbocycles. The van der Waals surface area contributed by atoms with E-state index in [1.54, 1.807) is 81.5 Å². The number of carboxylic acid groups (broad SMARTS) is 1. The second-order valence-corrected chi connectivity index (χ2v) is 11.3. The van der Waals surface area contributed by atoms with E-state index in [0.717, 1.165) is 16.9 Å². The van der Waals surface area contributed by atoms with Crippen LogP contribution >= 0.6 is 11.6 Å². The van der Waals surface area contributed by atoms with E-state index in [0.29, 0.717) is 41.9 Å². The minimum absolute atomic E-state index is 0.418. The number of halogens is 1. The molecule has 0 saturated heterocycles. The van der Waals surface area contributed by atoms with Crippen LogP contribution in [0.5, 0.6) is 0 Å². The zero-order chi connectivity index (χ0) is 41.8. The molecule has 1 aromatic rings. The molecular weight excluding hydrogens is 684 g/mol. The summed E-state index contributed by atoms with van der Waals surface area (Å²) in [6.07, 6.45) is 19.5. The summed E-state index contributed by atoms with van der Waals surface area (Å²) in [7, 11) is 3.90. The minimum Gasteiger partial charge on any atom is -0.481 e. The Hall–Kier alpha value is -4.59. The number of ether oxygens (including phenoxy) is 1. The van der Waals surface area contributed by atoms with Crippen molar-refractivity contribution in [1.29, 1.82) is 0 Å². The number of nitrogens with zero attached hydrogens (tertiary/aromatic N) is 2. The van der Waals surface area contributed by atoms with Gasteiger partial charge in [-0.15, -0.1) is 0 Å². The number of rotatable bonds is 17. The third-order valence-corrected chi connectivity index (χ3v) is 6.64. The third-order valence-electron chi connectivity index (χ3n) is 6.38. The number of carboxylic acids is 1. The molecule has 0 aliphatic heterocycles. The average Bonchev–Trinajstić information content (AvgIpc) is 3.14. The minimum atomic E-state index is -0.932. The average molecular weight is 751 g/mol. The van der Waals surface area contributed by atoms with Gasteiger partial charge in [-0.3, -0.25) is 14.6 Å². The third kappa shape index (κ3) is 29.7. The monoisotopic (exact) mass is 750 g/mol. The van der Waals surface area contributed by atoms with Crippen LogP contribution in [0.25, 0.3) is 0 Å². The van der Waals surface area contributed by atoms with Gasteiger partial charge < -0.3 is 14.7 Å². The molecule has 8 heteroatoms. The molecule has 0 aromatic heterocycles. The molecule has 1 N–H and O–H groups in total. The Morgan fingerprint density at radius 1 is 0.943 bits per heavy atom. The van der Waals surface area contributed by atoms with Gasteiger partial charge in [0, 0.05) is 23.7 Å². The summed E-state index contributed by atoms with van der Waals surface area (Å²) in [6.45, 7) is 30.8. The lowest BCUT2D eigenvalue weighted by Crippen LogP contribution is -2.25. The molecule has 0 saturated carbocycles. The topological polar surface area (TPSA) is 96.3 Å². The van der Waals surface area contributed by atoms with Crippen molar-refractivity contribution in [2.45, 2.75) is 88.2 Å². The van der Waals surface area contributed by atoms with E-state index in [1.165, 1.54) is 11.6 Å². The number of aldehydes is 1. The van der Waals surface area contributed by atoms with Crippen LogP contribution in [0.4, 0.5) is 0 Å². The molecule has 1 rings (SSSR count). The van der Waals surface area contributed by atoms with Gasteiger partial charge >= 0.3 is 11.9 Å². The van der Waals surface area contributed by atoms with Crippen molar-refractivity contribution in [2.24, 2.45) is 10.9 Å². The van der Waals surface area contributed by atoms with E-state index in [1.807, 2.05) is 91.7 Å². The number of aryl methyl sites for hydroxylation is 1. The number of hydrogen-bond acceptors (Lipinski definition) is 6. The van der Waals surface area contributed by atoms with Crippen LogP contribution in [0.2, 0.25) is 5.02 Å². The molecule has 0 fully saturated rings. The first-order chi connectivity index (χ1) is 25.2. The summed E-state index contributed by atoms with van der Waals surface area (Å²) < 4.78 is 5.66. The first-order valence-electron chi connectivity index (χ1n) is 18.0. The number of hydrogen-bond donors (Lipinski definition) is 1. The highest BCUT2D eigenvalue weighted by atomic mass is 35.5. The summed E-state index contributed by atoms with van der Waals surface area (Å²) in [5, 5.41) is 10.5. The van der Waals surface area contributed by atoms with E-state index in [9.17, 15) is 19.5 Å². The lowest BCUT2D eigenvalue weighted by molar-refractivity contribution is -0.141. The summed E-state index contributed by atoms with van der Waals surface area (Å²) in [5.41, 5.74) is 4.45. The van der Waals surface area contributed by atoms with Crippen molar-refractivity contribution < 1.29 is 24.2 Å². The van der Waals surface area contributed by atoms with Gasteiger partial charge in [0.25, 0.3) is 0 Å². The number of aliphatic imine (C=N–C) groups is 1. The number of benzene rings is 1. The van der Waals surface area contributed by atoms with Gasteiger partial charge in [-0.05, 0) is 85.0 Å². The van der Waals surface area contributed by atoms with Gasteiger partial charge in [-0.1, -0.05) is 144 Å². The van der Waals surface area contributed by atoms with Gasteiger partial charge in [0.05, 0.1) is 17.2 Å². The lowest BCUT2D eigenvalue weighted by Gasteiger charge is -2.20. The van der Waals surface area contributed by atoms with Gasteiger partial charge in [0.2, 0.25) is 0 Å². The fourth-order valence-corrected chi connectivity index (χ4v) is 4.04. The number of esters is 1. The standard InChI is InChI=1S/C27H40N2O4.C7H7Cl.C7H8O.2C2H6/c1-10-14-16-22(12-3)27(32)33-21(7)24(13-4)28-25(17-19(5)18-29(8)9)23(15-11-2)20(6)26(30)31;1-6-2-4-7(8)5-3-6;1-2-3-4-5-6-7-8;2*1-2/h10-12,14-16,20-21H,1,5,13,17-18H2,2-4,6-9H3,(H,30,31);2-5H,1H3;2-7H,1H2;2*1-2H3/b15-11-,16-14-,22-12+,25-23-,28-24?;;4-3-,6-5+;;. The number of carbonyl (C=O) groups is 3. The Kier molecular flexibility index (Phi) is 38.7. The molecule has 53 heavy (non-hydrogen) atoms. The summed E-state index contributed by atoms with van der Waals surface area (Å²) in [6, 6.07) is 7.75. The Morgan fingerprint density at radius 3 is 1.91 bits per heavy atom. The Balaban J connectivity index is -0.000000483. The maximum Gasteiger partial charge on any atom is 0.338 e. The molecule has 0 bridgehead atoms. The molecule has 0 spiro atoms.